The van der Waals surface area contributed by atoms with Crippen molar-refractivity contribution < 1.29 is 19.4 Å². The van der Waals surface area contributed by atoms with Crippen LogP contribution in [0.2, 0.25) is 0 Å². The molecule has 8 nitrogen and oxygen atoms in total. The number of carbonyl (C=O) groups is 2. The highest BCUT2D eigenvalue weighted by atomic mass is 16.5. The van der Waals surface area contributed by atoms with Crippen molar-refractivity contribution >= 4 is 17.6 Å². The molecule has 0 aliphatic heterocycles. The molecule has 0 spiro atoms. The van der Waals surface area contributed by atoms with Crippen LogP contribution in [0.5, 0.6) is 0 Å². The summed E-state index contributed by atoms with van der Waals surface area (Å²) in [6.07, 6.45) is 3.63. The lowest BCUT2D eigenvalue weighted by Gasteiger charge is -2.27. The molecule has 156 valence electrons. The van der Waals surface area contributed by atoms with Crippen LogP contribution in [0.25, 0.3) is 16.9 Å². The van der Waals surface area contributed by atoms with E-state index in [0.717, 1.165) is 16.8 Å². The number of H-pyrrole nitrogens is 1. The average molecular weight is 409 g/mol. The molecule has 0 radical (unpaired) electrons. The summed E-state index contributed by atoms with van der Waals surface area (Å²) in [5, 5.41) is 8.96. The van der Waals surface area contributed by atoms with Gasteiger partial charge in [-0.25, -0.2) is 9.78 Å². The third kappa shape index (κ3) is 3.08. The van der Waals surface area contributed by atoms with Gasteiger partial charge in [0.05, 0.1) is 18.0 Å². The molecule has 1 aliphatic rings. The number of imidazole rings is 1. The molecular weight excluding hydrogens is 386 g/mol. The second-order valence-electron chi connectivity index (χ2n) is 7.70. The van der Waals surface area contributed by atoms with Crippen LogP contribution in [-0.4, -0.2) is 38.0 Å². The summed E-state index contributed by atoms with van der Waals surface area (Å²) < 4.78 is 6.74. The largest absolute Gasteiger partial charge is 0.481 e. The summed E-state index contributed by atoms with van der Waals surface area (Å²) in [6.45, 7) is 4.01. The third-order valence-corrected chi connectivity index (χ3v) is 5.74. The molecule has 2 N–H and O–H groups in total. The molecule has 1 aromatic carbocycles. The van der Waals surface area contributed by atoms with Crippen LogP contribution in [0, 0.1) is 0 Å². The number of hydrogen-bond donors (Lipinski definition) is 2. The van der Waals surface area contributed by atoms with Crippen molar-refractivity contribution in [3.63, 3.8) is 0 Å². The molecular formula is C22H23N3O5. The number of fused-ring (bicyclic) bond motifs is 5. The van der Waals surface area contributed by atoms with E-state index in [-0.39, 0.29) is 29.9 Å². The number of nitrogens with zero attached hydrogens (tertiary/aromatic N) is 2. The minimum absolute atomic E-state index is 0.0833. The van der Waals surface area contributed by atoms with Gasteiger partial charge in [-0.1, -0.05) is 30.7 Å². The number of carbonyl (C=O) groups excluding carboxylic acids is 1. The summed E-state index contributed by atoms with van der Waals surface area (Å²) in [6, 6.07) is 7.86. The Morgan fingerprint density at radius 1 is 1.27 bits per heavy atom. The van der Waals surface area contributed by atoms with E-state index in [2.05, 4.69) is 16.9 Å². The van der Waals surface area contributed by atoms with Crippen LogP contribution in [0.3, 0.4) is 0 Å². The molecule has 0 bridgehead atoms. The number of hydrogen-bond acceptors (Lipinski definition) is 5. The van der Waals surface area contributed by atoms with Gasteiger partial charge in [-0.3, -0.25) is 14.0 Å². The average Bonchev–Trinajstić information content (AvgIpc) is 3.25. The summed E-state index contributed by atoms with van der Waals surface area (Å²) in [7, 11) is 0. The highest BCUT2D eigenvalue weighted by Crippen LogP contribution is 2.50. The Bertz CT molecular complexity index is 1210. The normalized spacial score (nSPS) is 17.0. The van der Waals surface area contributed by atoms with E-state index in [9.17, 15) is 14.4 Å². The van der Waals surface area contributed by atoms with E-state index in [4.69, 9.17) is 9.84 Å². The van der Waals surface area contributed by atoms with Gasteiger partial charge in [-0.05, 0) is 32.3 Å². The van der Waals surface area contributed by atoms with Crippen LogP contribution >= 0.6 is 0 Å². The first kappa shape index (κ1) is 19.9. The summed E-state index contributed by atoms with van der Waals surface area (Å²) in [5.41, 5.74) is 2.91. The van der Waals surface area contributed by atoms with Crippen LogP contribution < -0.4 is 5.56 Å². The Morgan fingerprint density at radius 2 is 2.03 bits per heavy atom. The number of aromatic amines is 1. The lowest BCUT2D eigenvalue weighted by molar-refractivity contribution is -0.137. The van der Waals surface area contributed by atoms with Gasteiger partial charge >= 0.3 is 11.9 Å². The van der Waals surface area contributed by atoms with Crippen molar-refractivity contribution in [1.29, 1.82) is 0 Å². The van der Waals surface area contributed by atoms with Gasteiger partial charge in [0.2, 0.25) is 5.65 Å². The van der Waals surface area contributed by atoms with E-state index >= 15 is 0 Å². The van der Waals surface area contributed by atoms with Crippen molar-refractivity contribution in [1.82, 2.24) is 14.4 Å². The maximum absolute atomic E-state index is 12.7. The number of ether oxygens (including phenoxy) is 1. The monoisotopic (exact) mass is 409 g/mol. The maximum atomic E-state index is 12.7. The number of carboxylic acids is 1. The molecule has 0 amide bonds. The van der Waals surface area contributed by atoms with Gasteiger partial charge in [0.15, 0.2) is 5.69 Å². The quantitative estimate of drug-likeness (QED) is 0.458. The van der Waals surface area contributed by atoms with Gasteiger partial charge in [0, 0.05) is 23.6 Å². The summed E-state index contributed by atoms with van der Waals surface area (Å²) >= 11 is 0. The second kappa shape index (κ2) is 7.44. The molecule has 2 aromatic heterocycles. The fraction of sp³-hybridized carbons (Fsp3) is 0.364. The van der Waals surface area contributed by atoms with Gasteiger partial charge < -0.3 is 14.8 Å². The predicted octanol–water partition coefficient (Wildman–Crippen LogP) is 3.13. The zero-order chi connectivity index (χ0) is 21.5. The van der Waals surface area contributed by atoms with Crippen molar-refractivity contribution in [3.05, 3.63) is 57.8 Å². The van der Waals surface area contributed by atoms with Gasteiger partial charge in [-0.2, -0.15) is 0 Å². The van der Waals surface area contributed by atoms with E-state index < -0.39 is 17.4 Å². The second-order valence-corrected chi connectivity index (χ2v) is 7.70. The molecule has 0 saturated heterocycles. The van der Waals surface area contributed by atoms with Crippen LogP contribution in [-0.2, 0) is 14.9 Å². The van der Waals surface area contributed by atoms with E-state index in [1.807, 2.05) is 24.3 Å². The summed E-state index contributed by atoms with van der Waals surface area (Å²) in [5.74, 6) is -1.39. The number of carboxylic acid groups (broad SMARTS) is 1. The smallest absolute Gasteiger partial charge is 0.358 e. The number of esters is 1. The number of unbranched alkanes of at least 4 members (excludes halogenated alkanes) is 1. The predicted molar refractivity (Wildman–Crippen MR) is 110 cm³/mol. The molecule has 1 unspecified atom stereocenters. The number of nitrogens with one attached hydrogen (secondary N) is 1. The van der Waals surface area contributed by atoms with Crippen LogP contribution in [0.4, 0.5) is 0 Å². The minimum atomic E-state index is -0.812. The zero-order valence-electron chi connectivity index (χ0n) is 16.9. The Labute approximate surface area is 172 Å². The van der Waals surface area contributed by atoms with Gasteiger partial charge in [-0.15, -0.1) is 0 Å². The first-order chi connectivity index (χ1) is 14.4. The number of rotatable bonds is 7. The fourth-order valence-electron chi connectivity index (χ4n) is 4.42. The first-order valence-electron chi connectivity index (χ1n) is 10.0. The molecule has 1 aliphatic carbocycles. The van der Waals surface area contributed by atoms with E-state index in [1.165, 1.54) is 0 Å². The highest BCUT2D eigenvalue weighted by Gasteiger charge is 2.42. The first-order valence-corrected chi connectivity index (χ1v) is 10.0. The molecule has 30 heavy (non-hydrogen) atoms. The van der Waals surface area contributed by atoms with Gasteiger partial charge in [0.25, 0.3) is 5.56 Å². The lowest BCUT2D eigenvalue weighted by atomic mass is 9.78. The lowest BCUT2D eigenvalue weighted by Crippen LogP contribution is -2.26. The van der Waals surface area contributed by atoms with Crippen molar-refractivity contribution in [2.75, 3.05) is 6.61 Å². The molecule has 8 heteroatoms. The molecule has 0 fully saturated rings. The van der Waals surface area contributed by atoms with E-state index in [1.54, 1.807) is 17.5 Å². The highest BCUT2D eigenvalue weighted by molar-refractivity contribution is 5.88. The SMILES string of the molecule is CCOC(=O)c1cn2c3c([nH]c(=O)c2n1)-c1ccccc1C3(C)CCCCC(=O)O. The number of aromatic nitrogens is 3. The van der Waals surface area contributed by atoms with Crippen LogP contribution in [0.1, 0.15) is 61.3 Å². The Morgan fingerprint density at radius 3 is 2.77 bits per heavy atom. The Balaban J connectivity index is 1.88. The third-order valence-electron chi connectivity index (χ3n) is 5.74. The number of aliphatic carboxylic acids is 1. The molecule has 0 saturated carbocycles. The van der Waals surface area contributed by atoms with Crippen molar-refractivity contribution in [2.24, 2.45) is 0 Å². The maximum Gasteiger partial charge on any atom is 0.358 e. The fourth-order valence-corrected chi connectivity index (χ4v) is 4.42. The Kier molecular flexibility index (Phi) is 4.93. The number of benzene rings is 1. The zero-order valence-corrected chi connectivity index (χ0v) is 16.9. The molecule has 4 rings (SSSR count). The molecule has 2 heterocycles. The molecule has 1 atom stereocenters. The van der Waals surface area contributed by atoms with E-state index in [0.29, 0.717) is 25.0 Å². The van der Waals surface area contributed by atoms with Crippen molar-refractivity contribution in [3.8, 4) is 11.3 Å². The Hall–Kier alpha value is -3.42. The standard InChI is InChI=1S/C22H23N3O5/c1-3-30-21(29)15-12-25-18-17(24-20(28)19(25)23-15)13-8-4-5-9-14(13)22(18,2)11-7-6-10-16(26)27/h4-5,8-9,12H,3,6-7,10-11H2,1-2H3,(H,24,28)(H,26,27). The summed E-state index contributed by atoms with van der Waals surface area (Å²) in [4.78, 5) is 43.0. The molecule has 3 aromatic rings. The minimum Gasteiger partial charge on any atom is -0.481 e. The van der Waals surface area contributed by atoms with Crippen LogP contribution in [0.15, 0.2) is 35.3 Å². The van der Waals surface area contributed by atoms with Crippen molar-refractivity contribution in [2.45, 2.75) is 44.9 Å². The van der Waals surface area contributed by atoms with Gasteiger partial charge in [0.1, 0.15) is 0 Å². The topological polar surface area (TPSA) is 114 Å².